The van der Waals surface area contributed by atoms with Crippen LogP contribution in [0.2, 0.25) is 0 Å². The zero-order chi connectivity index (χ0) is 24.3. The van der Waals surface area contributed by atoms with Gasteiger partial charge in [-0.15, -0.1) is 0 Å². The summed E-state index contributed by atoms with van der Waals surface area (Å²) in [6, 6.07) is 15.3. The molecule has 1 spiro atoms. The molecular weight excluding hydrogens is 443 g/mol. The Morgan fingerprint density at radius 1 is 1.15 bits per heavy atom. The first-order valence-electron chi connectivity index (χ1n) is 11.5. The topological polar surface area (TPSA) is 67.6 Å². The molecule has 2 aromatic carbocycles. The normalized spacial score (nSPS) is 19.9. The van der Waals surface area contributed by atoms with Crippen molar-refractivity contribution in [3.8, 4) is 6.07 Å². The Morgan fingerprint density at radius 3 is 2.47 bits per heavy atom. The number of hydrogen-bond acceptors (Lipinski definition) is 4. The van der Waals surface area contributed by atoms with Crippen molar-refractivity contribution < 1.29 is 23.1 Å². The van der Waals surface area contributed by atoms with Crippen molar-refractivity contribution in [1.82, 2.24) is 4.90 Å². The molecule has 2 aromatic rings. The van der Waals surface area contributed by atoms with Crippen LogP contribution in [0, 0.1) is 22.7 Å². The van der Waals surface area contributed by atoms with E-state index in [2.05, 4.69) is 0 Å². The summed E-state index contributed by atoms with van der Waals surface area (Å²) in [5.41, 5.74) is -0.0594. The van der Waals surface area contributed by atoms with Crippen molar-refractivity contribution in [2.75, 3.05) is 37.7 Å². The van der Waals surface area contributed by atoms with E-state index in [-0.39, 0.29) is 23.8 Å². The van der Waals surface area contributed by atoms with Gasteiger partial charge in [-0.2, -0.15) is 18.4 Å². The molecule has 1 atom stereocenters. The smallest absolute Gasteiger partial charge is 0.396 e. The average molecular weight is 472 g/mol. The van der Waals surface area contributed by atoms with Crippen LogP contribution >= 0.6 is 0 Å². The number of rotatable bonds is 5. The summed E-state index contributed by atoms with van der Waals surface area (Å²) >= 11 is 0. The van der Waals surface area contributed by atoms with Crippen LogP contribution in [-0.2, 0) is 17.4 Å². The zero-order valence-electron chi connectivity index (χ0n) is 18.9. The number of halogens is 3. The van der Waals surface area contributed by atoms with E-state index in [9.17, 15) is 23.1 Å². The molecule has 2 fully saturated rings. The number of carbonyl (C=O) groups is 1. The van der Waals surface area contributed by atoms with Crippen LogP contribution in [0.4, 0.5) is 18.9 Å². The number of nitrogens with zero attached hydrogens (tertiary/aromatic N) is 3. The Bertz CT molecular complexity index is 1060. The molecule has 0 saturated carbocycles. The molecule has 4 rings (SSSR count). The van der Waals surface area contributed by atoms with E-state index in [1.807, 2.05) is 40.1 Å². The molecule has 2 aliphatic heterocycles. The number of benzene rings is 2. The third-order valence-electron chi connectivity index (χ3n) is 7.41. The molecule has 0 bridgehead atoms. The zero-order valence-corrected chi connectivity index (χ0v) is 18.9. The van der Waals surface area contributed by atoms with Crippen LogP contribution in [0.1, 0.15) is 36.0 Å². The van der Waals surface area contributed by atoms with Crippen molar-refractivity contribution in [1.29, 1.82) is 5.26 Å². The number of aliphatic hydroxyl groups is 1. The number of alkyl halides is 3. The van der Waals surface area contributed by atoms with Crippen molar-refractivity contribution in [3.05, 3.63) is 65.2 Å². The summed E-state index contributed by atoms with van der Waals surface area (Å²) in [6.07, 6.45) is -2.07. The van der Waals surface area contributed by atoms with Crippen molar-refractivity contribution in [2.45, 2.75) is 31.9 Å². The second kappa shape index (κ2) is 9.67. The Morgan fingerprint density at radius 2 is 1.85 bits per heavy atom. The molecule has 2 aliphatic rings. The lowest BCUT2D eigenvalue weighted by Gasteiger charge is -2.42. The minimum Gasteiger partial charge on any atom is -0.396 e. The van der Waals surface area contributed by atoms with E-state index >= 15 is 0 Å². The summed E-state index contributed by atoms with van der Waals surface area (Å²) in [5.74, 6) is 0.0232. The Balaban J connectivity index is 1.42. The highest BCUT2D eigenvalue weighted by Gasteiger charge is 2.48. The largest absolute Gasteiger partial charge is 0.417 e. The van der Waals surface area contributed by atoms with E-state index in [0.29, 0.717) is 57.5 Å². The van der Waals surface area contributed by atoms with Gasteiger partial charge in [-0.05, 0) is 48.4 Å². The number of aliphatic hydroxyl groups excluding tert-OH is 1. The summed E-state index contributed by atoms with van der Waals surface area (Å²) in [7, 11) is 0. The van der Waals surface area contributed by atoms with Gasteiger partial charge in [0, 0.05) is 50.8 Å². The molecule has 1 amide bonds. The summed E-state index contributed by atoms with van der Waals surface area (Å²) < 4.78 is 40.3. The molecule has 34 heavy (non-hydrogen) atoms. The minimum absolute atomic E-state index is 0.0547. The molecule has 0 aliphatic carbocycles. The SMILES string of the molecule is N#Cc1ccc(N2CC(CO)C3(CCN(C(=O)CCc4ccccc4)CC3)C2)cc1C(F)(F)F. The van der Waals surface area contributed by atoms with Gasteiger partial charge >= 0.3 is 6.18 Å². The quantitative estimate of drug-likeness (QED) is 0.708. The number of amides is 1. The molecule has 8 heteroatoms. The number of likely N-dealkylation sites (tertiary alicyclic amines) is 1. The van der Waals surface area contributed by atoms with Crippen LogP contribution in [0.15, 0.2) is 48.5 Å². The van der Waals surface area contributed by atoms with Gasteiger partial charge < -0.3 is 14.9 Å². The first-order valence-corrected chi connectivity index (χ1v) is 11.5. The third kappa shape index (κ3) is 4.90. The standard InChI is InChI=1S/C26H28F3N3O2/c27-26(28,29)23-14-22(8-7-20(23)15-30)32-16-21(17-33)25(18-32)10-12-31(13-11-25)24(34)9-6-19-4-2-1-3-5-19/h1-5,7-8,14,21,33H,6,9-13,16-18H2. The van der Waals surface area contributed by atoms with Gasteiger partial charge in [0.15, 0.2) is 0 Å². The number of nitriles is 1. The molecule has 2 saturated heterocycles. The number of anilines is 1. The van der Waals surface area contributed by atoms with Gasteiger partial charge in [-0.1, -0.05) is 30.3 Å². The summed E-state index contributed by atoms with van der Waals surface area (Å²) in [4.78, 5) is 16.5. The van der Waals surface area contributed by atoms with E-state index in [4.69, 9.17) is 5.26 Å². The second-order valence-electron chi connectivity index (χ2n) is 9.33. The molecule has 2 heterocycles. The molecule has 1 N–H and O–H groups in total. The highest BCUT2D eigenvalue weighted by molar-refractivity contribution is 5.76. The molecule has 0 radical (unpaired) electrons. The predicted octanol–water partition coefficient (Wildman–Crippen LogP) is 4.25. The Hall–Kier alpha value is -3.05. The van der Waals surface area contributed by atoms with Gasteiger partial charge in [0.25, 0.3) is 0 Å². The number of carbonyl (C=O) groups excluding carboxylic acids is 1. The summed E-state index contributed by atoms with van der Waals surface area (Å²) in [6.45, 7) is 2.08. The van der Waals surface area contributed by atoms with E-state index in [0.717, 1.165) is 11.6 Å². The van der Waals surface area contributed by atoms with Gasteiger partial charge in [-0.3, -0.25) is 4.79 Å². The lowest BCUT2D eigenvalue weighted by molar-refractivity contribution is -0.137. The van der Waals surface area contributed by atoms with E-state index in [1.165, 1.54) is 6.07 Å². The fraction of sp³-hybridized carbons (Fsp3) is 0.462. The predicted molar refractivity (Wildman–Crippen MR) is 122 cm³/mol. The van der Waals surface area contributed by atoms with Crippen LogP contribution in [0.3, 0.4) is 0 Å². The lowest BCUT2D eigenvalue weighted by Crippen LogP contribution is -2.47. The van der Waals surface area contributed by atoms with Crippen molar-refractivity contribution in [2.24, 2.45) is 11.3 Å². The molecule has 0 aromatic heterocycles. The monoisotopic (exact) mass is 471 g/mol. The molecule has 180 valence electrons. The first-order chi connectivity index (χ1) is 16.3. The van der Waals surface area contributed by atoms with Crippen molar-refractivity contribution >= 4 is 11.6 Å². The van der Waals surface area contributed by atoms with Crippen LogP contribution in [-0.4, -0.2) is 48.7 Å². The molecule has 5 nitrogen and oxygen atoms in total. The first kappa shape index (κ1) is 24.1. The minimum atomic E-state index is -4.61. The second-order valence-corrected chi connectivity index (χ2v) is 9.33. The van der Waals surface area contributed by atoms with Gasteiger partial charge in [0.1, 0.15) is 0 Å². The fourth-order valence-corrected chi connectivity index (χ4v) is 5.36. The summed E-state index contributed by atoms with van der Waals surface area (Å²) in [5, 5.41) is 19.1. The maximum absolute atomic E-state index is 13.4. The van der Waals surface area contributed by atoms with Crippen LogP contribution < -0.4 is 4.90 Å². The van der Waals surface area contributed by atoms with Crippen molar-refractivity contribution in [3.63, 3.8) is 0 Å². The van der Waals surface area contributed by atoms with Gasteiger partial charge in [0.05, 0.1) is 17.2 Å². The average Bonchev–Trinajstić information content (AvgIpc) is 3.20. The Labute approximate surface area is 197 Å². The maximum Gasteiger partial charge on any atom is 0.417 e. The highest BCUT2D eigenvalue weighted by Crippen LogP contribution is 2.46. The third-order valence-corrected chi connectivity index (χ3v) is 7.41. The lowest BCUT2D eigenvalue weighted by atomic mass is 9.71. The number of hydrogen-bond donors (Lipinski definition) is 1. The van der Waals surface area contributed by atoms with Crippen LogP contribution in [0.5, 0.6) is 0 Å². The van der Waals surface area contributed by atoms with E-state index < -0.39 is 17.3 Å². The van der Waals surface area contributed by atoms with Gasteiger partial charge in [0.2, 0.25) is 5.91 Å². The molecular formula is C26H28F3N3O2. The maximum atomic E-state index is 13.4. The van der Waals surface area contributed by atoms with Gasteiger partial charge in [-0.25, -0.2) is 0 Å². The fourth-order valence-electron chi connectivity index (χ4n) is 5.36. The Kier molecular flexibility index (Phi) is 6.85. The number of piperidine rings is 1. The highest BCUT2D eigenvalue weighted by atomic mass is 19.4. The molecule has 1 unspecified atom stereocenters. The van der Waals surface area contributed by atoms with Crippen LogP contribution in [0.25, 0.3) is 0 Å². The van der Waals surface area contributed by atoms with E-state index in [1.54, 1.807) is 12.1 Å². The number of aryl methyl sites for hydroxylation is 1.